The van der Waals surface area contributed by atoms with Crippen LogP contribution < -0.4 is 5.43 Å². The number of nitriles is 1. The van der Waals surface area contributed by atoms with Crippen molar-refractivity contribution in [2.24, 2.45) is 5.10 Å². The molecule has 0 saturated heterocycles. The lowest BCUT2D eigenvalue weighted by Gasteiger charge is -2.09. The van der Waals surface area contributed by atoms with Gasteiger partial charge in [-0.2, -0.15) is 10.4 Å². The SMILES string of the molecule is N#Cc1ccc(C2=NNC(c3ccccc3)C2)cc1. The second-order valence-electron chi connectivity index (χ2n) is 4.54. The predicted molar refractivity (Wildman–Crippen MR) is 74.6 cm³/mol. The number of rotatable bonds is 2. The fraction of sp³-hybridized carbons (Fsp3) is 0.125. The van der Waals surface area contributed by atoms with E-state index >= 15 is 0 Å². The third kappa shape index (κ3) is 2.34. The number of hydrazone groups is 1. The molecule has 1 aliphatic heterocycles. The average Bonchev–Trinajstić information content (AvgIpc) is 2.98. The topological polar surface area (TPSA) is 48.2 Å². The van der Waals surface area contributed by atoms with Crippen LogP contribution in [0.5, 0.6) is 0 Å². The first-order valence-corrected chi connectivity index (χ1v) is 6.24. The van der Waals surface area contributed by atoms with Gasteiger partial charge in [-0.15, -0.1) is 0 Å². The van der Waals surface area contributed by atoms with E-state index < -0.39 is 0 Å². The molecule has 0 spiro atoms. The highest BCUT2D eigenvalue weighted by atomic mass is 15.3. The van der Waals surface area contributed by atoms with Crippen LogP contribution in [0.4, 0.5) is 0 Å². The van der Waals surface area contributed by atoms with Crippen LogP contribution in [0.1, 0.15) is 29.2 Å². The molecule has 0 aliphatic carbocycles. The zero-order chi connectivity index (χ0) is 13.1. The lowest BCUT2D eigenvalue weighted by Crippen LogP contribution is -2.09. The largest absolute Gasteiger partial charge is 0.302 e. The average molecular weight is 247 g/mol. The van der Waals surface area contributed by atoms with E-state index in [0.29, 0.717) is 5.56 Å². The molecule has 92 valence electrons. The van der Waals surface area contributed by atoms with Crippen LogP contribution in [0.2, 0.25) is 0 Å². The van der Waals surface area contributed by atoms with Gasteiger partial charge < -0.3 is 5.43 Å². The first-order valence-electron chi connectivity index (χ1n) is 6.24. The normalized spacial score (nSPS) is 17.4. The highest BCUT2D eigenvalue weighted by Gasteiger charge is 2.20. The zero-order valence-electron chi connectivity index (χ0n) is 10.4. The fourth-order valence-electron chi connectivity index (χ4n) is 2.24. The maximum Gasteiger partial charge on any atom is 0.0991 e. The Bertz CT molecular complexity index is 636. The third-order valence-corrected chi connectivity index (χ3v) is 3.30. The molecule has 0 fully saturated rings. The molecule has 0 amide bonds. The van der Waals surface area contributed by atoms with Crippen molar-refractivity contribution in [1.82, 2.24) is 5.43 Å². The Hall–Kier alpha value is -2.60. The Morgan fingerprint density at radius 3 is 2.47 bits per heavy atom. The van der Waals surface area contributed by atoms with Crippen LogP contribution in [0.25, 0.3) is 0 Å². The quantitative estimate of drug-likeness (QED) is 0.886. The molecule has 3 rings (SSSR count). The molecule has 1 unspecified atom stereocenters. The standard InChI is InChI=1S/C16H13N3/c17-11-12-6-8-14(9-7-12)16-10-15(18-19-16)13-4-2-1-3-5-13/h1-9,15,18H,10H2. The predicted octanol–water partition coefficient (Wildman–Crippen LogP) is 3.00. The van der Waals surface area contributed by atoms with Gasteiger partial charge in [0.25, 0.3) is 0 Å². The molecular formula is C16H13N3. The van der Waals surface area contributed by atoms with Gasteiger partial charge in [0.2, 0.25) is 0 Å². The minimum atomic E-state index is 0.242. The number of nitrogens with zero attached hydrogens (tertiary/aromatic N) is 2. The minimum Gasteiger partial charge on any atom is -0.302 e. The summed E-state index contributed by atoms with van der Waals surface area (Å²) in [6, 6.07) is 20.2. The van der Waals surface area contributed by atoms with Crippen molar-refractivity contribution in [3.63, 3.8) is 0 Å². The van der Waals surface area contributed by atoms with Gasteiger partial charge >= 0.3 is 0 Å². The van der Waals surface area contributed by atoms with Crippen molar-refractivity contribution in [1.29, 1.82) is 5.26 Å². The van der Waals surface area contributed by atoms with Gasteiger partial charge in [0.15, 0.2) is 0 Å². The van der Waals surface area contributed by atoms with E-state index in [1.54, 1.807) is 0 Å². The highest BCUT2D eigenvalue weighted by molar-refractivity contribution is 6.01. The molecule has 0 saturated carbocycles. The molecule has 0 bridgehead atoms. The van der Waals surface area contributed by atoms with Crippen molar-refractivity contribution in [2.45, 2.75) is 12.5 Å². The molecule has 2 aromatic carbocycles. The van der Waals surface area contributed by atoms with Crippen LogP contribution in [-0.2, 0) is 0 Å². The number of benzene rings is 2. The van der Waals surface area contributed by atoms with Crippen molar-refractivity contribution in [3.8, 4) is 6.07 Å². The van der Waals surface area contributed by atoms with E-state index in [0.717, 1.165) is 17.7 Å². The molecule has 1 N–H and O–H groups in total. The van der Waals surface area contributed by atoms with Gasteiger partial charge in [0, 0.05) is 6.42 Å². The van der Waals surface area contributed by atoms with Crippen LogP contribution >= 0.6 is 0 Å². The molecule has 1 aliphatic rings. The second-order valence-corrected chi connectivity index (χ2v) is 4.54. The second kappa shape index (κ2) is 4.95. The number of hydrogen-bond acceptors (Lipinski definition) is 3. The minimum absolute atomic E-state index is 0.242. The molecule has 0 radical (unpaired) electrons. The molecule has 0 aromatic heterocycles. The summed E-state index contributed by atoms with van der Waals surface area (Å²) in [5.41, 5.74) is 7.21. The fourth-order valence-corrected chi connectivity index (χ4v) is 2.24. The molecule has 1 heterocycles. The maximum atomic E-state index is 8.79. The lowest BCUT2D eigenvalue weighted by atomic mass is 9.99. The van der Waals surface area contributed by atoms with Crippen LogP contribution in [0.3, 0.4) is 0 Å². The first-order chi connectivity index (χ1) is 9.36. The highest BCUT2D eigenvalue weighted by Crippen LogP contribution is 2.24. The van der Waals surface area contributed by atoms with E-state index in [9.17, 15) is 0 Å². The first kappa shape index (κ1) is 11.5. The summed E-state index contributed by atoms with van der Waals surface area (Å²) in [5, 5.41) is 13.2. The summed E-state index contributed by atoms with van der Waals surface area (Å²) < 4.78 is 0. The van der Waals surface area contributed by atoms with Gasteiger partial charge in [0.1, 0.15) is 0 Å². The summed E-state index contributed by atoms with van der Waals surface area (Å²) >= 11 is 0. The zero-order valence-corrected chi connectivity index (χ0v) is 10.4. The molecule has 1 atom stereocenters. The number of hydrogen-bond donors (Lipinski definition) is 1. The van der Waals surface area contributed by atoms with E-state index in [2.05, 4.69) is 28.7 Å². The van der Waals surface area contributed by atoms with Crippen molar-refractivity contribution < 1.29 is 0 Å². The smallest absolute Gasteiger partial charge is 0.0991 e. The molecule has 19 heavy (non-hydrogen) atoms. The summed E-state index contributed by atoms with van der Waals surface area (Å²) in [7, 11) is 0. The van der Waals surface area contributed by atoms with Crippen molar-refractivity contribution >= 4 is 5.71 Å². The van der Waals surface area contributed by atoms with Gasteiger partial charge in [0.05, 0.1) is 23.4 Å². The van der Waals surface area contributed by atoms with Crippen molar-refractivity contribution in [2.75, 3.05) is 0 Å². The van der Waals surface area contributed by atoms with Crippen LogP contribution in [-0.4, -0.2) is 5.71 Å². The van der Waals surface area contributed by atoms with Gasteiger partial charge in [-0.3, -0.25) is 0 Å². The van der Waals surface area contributed by atoms with E-state index in [1.165, 1.54) is 5.56 Å². The summed E-state index contributed by atoms with van der Waals surface area (Å²) in [6.07, 6.45) is 0.871. The number of nitrogens with one attached hydrogen (secondary N) is 1. The summed E-state index contributed by atoms with van der Waals surface area (Å²) in [4.78, 5) is 0. The summed E-state index contributed by atoms with van der Waals surface area (Å²) in [5.74, 6) is 0. The third-order valence-electron chi connectivity index (χ3n) is 3.30. The van der Waals surface area contributed by atoms with Gasteiger partial charge in [-0.05, 0) is 23.3 Å². The van der Waals surface area contributed by atoms with E-state index in [1.807, 2.05) is 42.5 Å². The lowest BCUT2D eigenvalue weighted by molar-refractivity contribution is 0.620. The summed E-state index contributed by atoms with van der Waals surface area (Å²) in [6.45, 7) is 0. The Morgan fingerprint density at radius 1 is 1.05 bits per heavy atom. The van der Waals surface area contributed by atoms with Crippen LogP contribution in [0.15, 0.2) is 59.7 Å². The molecule has 2 aromatic rings. The molecule has 3 heteroatoms. The van der Waals surface area contributed by atoms with Crippen molar-refractivity contribution in [3.05, 3.63) is 71.3 Å². The Labute approximate surface area is 112 Å². The van der Waals surface area contributed by atoms with Gasteiger partial charge in [-0.1, -0.05) is 42.5 Å². The van der Waals surface area contributed by atoms with E-state index in [4.69, 9.17) is 5.26 Å². The Balaban J connectivity index is 1.76. The van der Waals surface area contributed by atoms with Crippen LogP contribution in [0, 0.1) is 11.3 Å². The van der Waals surface area contributed by atoms with E-state index in [-0.39, 0.29) is 6.04 Å². The molecule has 3 nitrogen and oxygen atoms in total. The monoisotopic (exact) mass is 247 g/mol. The Morgan fingerprint density at radius 2 is 1.79 bits per heavy atom. The maximum absolute atomic E-state index is 8.79. The van der Waals surface area contributed by atoms with Gasteiger partial charge in [-0.25, -0.2) is 0 Å². The molecular weight excluding hydrogens is 234 g/mol. The Kier molecular flexibility index (Phi) is 2.99.